The smallest absolute Gasteiger partial charge is 0.423 e. The summed E-state index contributed by atoms with van der Waals surface area (Å²) < 4.78 is 87.7. The summed E-state index contributed by atoms with van der Waals surface area (Å²) in [5, 5.41) is 22.3. The molecule has 3 heterocycles. The SMILES string of the molecule is C[N+](=O)c1ccc(Cl)c(S(=O)(=O)n2cnc3ccccc32)c1.O=C(Oc1ccc2c(c1)C1C=CC=CC1O2)c1ccc(Cl)c([N+](=O)[O-])c1.O=c1ccc2ccc(Oc3ccc([N+](=O)[O-])c(C(F)(F)F)c3)cc2o1. The number of ether oxygens (including phenoxy) is 3. The van der Waals surface area contributed by atoms with Crippen LogP contribution >= 0.6 is 23.2 Å². The number of nitrogens with zero attached hydrogens (tertiary/aromatic N) is 5. The van der Waals surface area contributed by atoms with Crippen LogP contribution < -0.4 is 19.8 Å². The minimum Gasteiger partial charge on any atom is -0.485 e. The first-order valence-electron chi connectivity index (χ1n) is 20.9. The third-order valence-corrected chi connectivity index (χ3v) is 13.3. The fourth-order valence-electron chi connectivity index (χ4n) is 7.36. The van der Waals surface area contributed by atoms with Crippen LogP contribution in [0.5, 0.6) is 23.0 Å². The topological polar surface area (TPSA) is 233 Å². The maximum Gasteiger partial charge on any atom is 0.423 e. The molecule has 2 aliphatic rings. The molecule has 2 atom stereocenters. The van der Waals surface area contributed by atoms with Crippen molar-refractivity contribution in [2.24, 2.45) is 0 Å². The van der Waals surface area contributed by atoms with Crippen molar-refractivity contribution in [1.82, 2.24) is 8.96 Å². The van der Waals surface area contributed by atoms with Crippen molar-refractivity contribution in [3.63, 3.8) is 0 Å². The van der Waals surface area contributed by atoms with Gasteiger partial charge in [0.2, 0.25) is 0 Å². The maximum atomic E-state index is 13.0. The molecule has 370 valence electrons. The Morgan fingerprint density at radius 3 is 2.21 bits per heavy atom. The molecule has 0 saturated carbocycles. The Balaban J connectivity index is 0.000000147. The Morgan fingerprint density at radius 2 is 1.47 bits per heavy atom. The summed E-state index contributed by atoms with van der Waals surface area (Å²) in [6, 6.07) is 29.3. The van der Waals surface area contributed by atoms with Crippen molar-refractivity contribution in [3.05, 3.63) is 220 Å². The Hall–Kier alpha value is -8.73. The molecule has 6 aromatic carbocycles. The number of nitro benzene ring substituents is 2. The number of benzene rings is 6. The summed E-state index contributed by atoms with van der Waals surface area (Å²) in [4.78, 5) is 58.8. The first-order valence-corrected chi connectivity index (χ1v) is 23.1. The molecule has 0 radical (unpaired) electrons. The van der Waals surface area contributed by atoms with Crippen molar-refractivity contribution in [2.45, 2.75) is 23.1 Å². The van der Waals surface area contributed by atoms with Crippen LogP contribution in [0.25, 0.3) is 22.0 Å². The summed E-state index contributed by atoms with van der Waals surface area (Å²) in [5.41, 5.74) is -1.02. The fraction of sp³-hybridized carbons (Fsp3) is 0.0816. The highest BCUT2D eigenvalue weighted by molar-refractivity contribution is 7.90. The van der Waals surface area contributed by atoms with Crippen LogP contribution in [0.4, 0.5) is 30.2 Å². The van der Waals surface area contributed by atoms with Crippen LogP contribution in [0, 0.1) is 25.1 Å². The molecule has 2 aromatic heterocycles. The third kappa shape index (κ3) is 11.1. The number of imidazole rings is 1. The fourth-order valence-corrected chi connectivity index (χ4v) is 9.33. The lowest BCUT2D eigenvalue weighted by Crippen LogP contribution is -2.15. The van der Waals surface area contributed by atoms with E-state index in [4.69, 9.17) is 41.8 Å². The number of carbonyl (C=O) groups excluding carboxylic acids is 1. The molecule has 0 spiro atoms. The van der Waals surface area contributed by atoms with Gasteiger partial charge in [-0.15, -0.1) is 0 Å². The number of rotatable bonds is 9. The normalized spacial score (nSPS) is 14.4. The standard InChI is InChI=1S/C19H12ClNO5.C16H8F3NO5.C14H11ClN3O3S/c20-15-7-5-11(9-16(15)21(23)24)19(22)25-12-6-8-18-14(10-12)13-3-1-2-4-17(13)26-18;17-16(18,19)12-7-10(4-5-13(12)20(22)23)24-11-3-1-9-2-6-15(21)25-14(9)8-11;1-17(19)10-6-7-11(15)14(8-10)22(20,21)18-9-16-12-4-2-3-5-13(12)18/h1-10,13,17H;1-8H;2-9H,1H3/q;;+1. The Kier molecular flexibility index (Phi) is 14.3. The molecule has 1 aliphatic heterocycles. The average Bonchev–Trinajstić information content (AvgIpc) is 3.96. The van der Waals surface area contributed by atoms with Crippen molar-refractivity contribution < 1.29 is 59.6 Å². The average molecular weight is 1060 g/mol. The molecule has 2 unspecified atom stereocenters. The summed E-state index contributed by atoms with van der Waals surface area (Å²) >= 11 is 11.8. The summed E-state index contributed by atoms with van der Waals surface area (Å²) in [6.07, 6.45) is 4.15. The summed E-state index contributed by atoms with van der Waals surface area (Å²) in [7, 11) is -2.67. The minimum atomic E-state index is -4.90. The maximum absolute atomic E-state index is 13.0. The van der Waals surface area contributed by atoms with Crippen LogP contribution in [-0.4, -0.2) is 51.1 Å². The number of hydrogen-bond acceptors (Lipinski definition) is 14. The number of nitroso groups, excluding NO2 is 1. The molecule has 73 heavy (non-hydrogen) atoms. The molecule has 18 nitrogen and oxygen atoms in total. The molecule has 1 aliphatic carbocycles. The molecule has 24 heteroatoms. The van der Waals surface area contributed by atoms with E-state index in [9.17, 15) is 56.3 Å². The van der Waals surface area contributed by atoms with Gasteiger partial charge in [0.05, 0.1) is 31.5 Å². The molecule has 0 saturated heterocycles. The number of fused-ring (bicyclic) bond motifs is 5. The number of para-hydroxylation sites is 2. The highest BCUT2D eigenvalue weighted by Crippen LogP contribution is 2.43. The molecule has 0 amide bonds. The van der Waals surface area contributed by atoms with Crippen LogP contribution in [0.3, 0.4) is 0 Å². The zero-order valence-electron chi connectivity index (χ0n) is 37.0. The van der Waals surface area contributed by atoms with Crippen LogP contribution in [0.1, 0.15) is 27.4 Å². The monoisotopic (exact) mass is 1060 g/mol. The lowest BCUT2D eigenvalue weighted by Gasteiger charge is -2.14. The molecular weight excluding hydrogens is 1030 g/mol. The van der Waals surface area contributed by atoms with Crippen molar-refractivity contribution >= 4 is 78.3 Å². The van der Waals surface area contributed by atoms with Crippen LogP contribution in [0.2, 0.25) is 10.0 Å². The number of allylic oxidation sites excluding steroid dienone is 2. The summed E-state index contributed by atoms with van der Waals surface area (Å²) in [5.74, 6) is 0.348. The summed E-state index contributed by atoms with van der Waals surface area (Å²) in [6.45, 7) is 0. The van der Waals surface area contributed by atoms with Gasteiger partial charge < -0.3 is 18.6 Å². The predicted molar refractivity (Wildman–Crippen MR) is 259 cm³/mol. The lowest BCUT2D eigenvalue weighted by atomic mass is 9.92. The van der Waals surface area contributed by atoms with E-state index in [2.05, 4.69) is 4.98 Å². The molecule has 0 bridgehead atoms. The zero-order chi connectivity index (χ0) is 52.4. The number of esters is 1. The third-order valence-electron chi connectivity index (χ3n) is 10.8. The zero-order valence-corrected chi connectivity index (χ0v) is 39.3. The van der Waals surface area contributed by atoms with E-state index >= 15 is 0 Å². The molecule has 8 aromatic rings. The Labute approximate surface area is 418 Å². The van der Waals surface area contributed by atoms with Gasteiger partial charge in [-0.25, -0.2) is 27.0 Å². The second kappa shape index (κ2) is 20.5. The molecule has 0 N–H and O–H groups in total. The van der Waals surface area contributed by atoms with Crippen molar-refractivity contribution in [2.75, 3.05) is 7.05 Å². The van der Waals surface area contributed by atoms with E-state index in [1.54, 1.807) is 48.5 Å². The number of aromatic nitrogens is 2. The van der Waals surface area contributed by atoms with Gasteiger partial charge in [0.1, 0.15) is 56.5 Å². The van der Waals surface area contributed by atoms with E-state index in [1.165, 1.54) is 68.0 Å². The number of alkyl halides is 3. The molecule has 10 rings (SSSR count). The van der Waals surface area contributed by atoms with Gasteiger partial charge in [0, 0.05) is 62.9 Å². The predicted octanol–water partition coefficient (Wildman–Crippen LogP) is 11.9. The van der Waals surface area contributed by atoms with Gasteiger partial charge in [0.25, 0.3) is 27.1 Å². The van der Waals surface area contributed by atoms with E-state index in [0.29, 0.717) is 33.0 Å². The second-order valence-corrected chi connectivity index (χ2v) is 18.1. The van der Waals surface area contributed by atoms with Gasteiger partial charge in [-0.05, 0) is 84.9 Å². The van der Waals surface area contributed by atoms with Gasteiger partial charge in [-0.2, -0.15) is 13.2 Å². The van der Waals surface area contributed by atoms with Gasteiger partial charge in [-0.1, -0.05) is 53.6 Å². The highest BCUT2D eigenvalue weighted by Gasteiger charge is 2.39. The number of hydrogen-bond donors (Lipinski definition) is 0. The Bertz CT molecular complexity index is 3790. The first kappa shape index (κ1) is 50.7. The largest absolute Gasteiger partial charge is 0.485 e. The quantitative estimate of drug-likeness (QED) is 0.0327. The molecule has 0 fully saturated rings. The lowest BCUT2D eigenvalue weighted by molar-refractivity contribution is -0.428. The first-order chi connectivity index (χ1) is 34.7. The van der Waals surface area contributed by atoms with E-state index in [-0.39, 0.29) is 61.0 Å². The van der Waals surface area contributed by atoms with E-state index in [1.807, 2.05) is 24.3 Å². The van der Waals surface area contributed by atoms with Crippen molar-refractivity contribution in [3.8, 4) is 23.0 Å². The van der Waals surface area contributed by atoms with Crippen molar-refractivity contribution in [1.29, 1.82) is 0 Å². The second-order valence-electron chi connectivity index (χ2n) is 15.5. The minimum absolute atomic E-state index is 0.0376. The number of carbonyl (C=O) groups is 1. The van der Waals surface area contributed by atoms with Gasteiger partial charge >= 0.3 is 17.8 Å². The van der Waals surface area contributed by atoms with Crippen LogP contribution in [-0.2, 0) is 16.2 Å². The van der Waals surface area contributed by atoms with Gasteiger partial charge in [0.15, 0.2) is 7.05 Å². The number of nitro groups is 2. The van der Waals surface area contributed by atoms with E-state index in [0.717, 1.165) is 33.5 Å². The van der Waals surface area contributed by atoms with E-state index < -0.39 is 48.9 Å². The molecular formula is C49H31Cl2F3N5O13S+. The van der Waals surface area contributed by atoms with Gasteiger partial charge in [-0.3, -0.25) is 20.2 Å². The van der Waals surface area contributed by atoms with Crippen LogP contribution in [0.15, 0.2) is 172 Å². The highest BCUT2D eigenvalue weighted by atomic mass is 35.5. The Morgan fingerprint density at radius 1 is 0.781 bits per heavy atom. The number of halogens is 5.